The van der Waals surface area contributed by atoms with Crippen LogP contribution in [0.15, 0.2) is 18.2 Å². The maximum atomic E-state index is 12.4. The molecule has 4 heteroatoms. The van der Waals surface area contributed by atoms with E-state index in [1.807, 2.05) is 0 Å². The molecule has 0 radical (unpaired) electrons. The maximum Gasteiger partial charge on any atom is 0.251 e. The lowest BCUT2D eigenvalue weighted by atomic mass is 9.78. The number of carbonyl (C=O) groups excluding carboxylic acids is 1. The van der Waals surface area contributed by atoms with Crippen LogP contribution >= 0.6 is 0 Å². The van der Waals surface area contributed by atoms with Crippen LogP contribution < -0.4 is 14.8 Å². The van der Waals surface area contributed by atoms with Gasteiger partial charge in [-0.15, -0.1) is 0 Å². The molecule has 1 aliphatic rings. The SMILES string of the molecule is COc1ccc(C(=O)N[C@@H]2CCC[C@H](C)[C@H]2C)cc1OC. The lowest BCUT2D eigenvalue weighted by Crippen LogP contribution is -2.43. The molecule has 0 heterocycles. The fourth-order valence-electron chi connectivity index (χ4n) is 3.01. The molecule has 0 bridgehead atoms. The fraction of sp³-hybridized carbons (Fsp3) is 0.588. The summed E-state index contributed by atoms with van der Waals surface area (Å²) in [5.41, 5.74) is 0.609. The number of methoxy groups -OCH3 is 2. The third kappa shape index (κ3) is 3.49. The highest BCUT2D eigenvalue weighted by Gasteiger charge is 2.28. The molecule has 0 saturated heterocycles. The van der Waals surface area contributed by atoms with Crippen molar-refractivity contribution in [2.75, 3.05) is 14.2 Å². The van der Waals surface area contributed by atoms with Gasteiger partial charge >= 0.3 is 0 Å². The Labute approximate surface area is 126 Å². The van der Waals surface area contributed by atoms with Gasteiger partial charge in [0.05, 0.1) is 14.2 Å². The number of amides is 1. The first kappa shape index (κ1) is 15.7. The molecule has 1 saturated carbocycles. The summed E-state index contributed by atoms with van der Waals surface area (Å²) < 4.78 is 10.4. The number of hydrogen-bond donors (Lipinski definition) is 1. The fourth-order valence-corrected chi connectivity index (χ4v) is 3.01. The van der Waals surface area contributed by atoms with E-state index in [9.17, 15) is 4.79 Å². The van der Waals surface area contributed by atoms with E-state index in [1.165, 1.54) is 12.8 Å². The molecule has 0 aliphatic heterocycles. The van der Waals surface area contributed by atoms with Crippen LogP contribution in [0.3, 0.4) is 0 Å². The lowest BCUT2D eigenvalue weighted by molar-refractivity contribution is 0.0890. The first-order valence-electron chi connectivity index (χ1n) is 7.59. The average Bonchev–Trinajstić information content (AvgIpc) is 2.51. The first-order chi connectivity index (χ1) is 10.1. The lowest BCUT2D eigenvalue weighted by Gasteiger charge is -2.34. The zero-order chi connectivity index (χ0) is 15.4. The van der Waals surface area contributed by atoms with E-state index in [4.69, 9.17) is 9.47 Å². The van der Waals surface area contributed by atoms with Crippen molar-refractivity contribution >= 4 is 5.91 Å². The van der Waals surface area contributed by atoms with Gasteiger partial charge in [0, 0.05) is 11.6 Å². The van der Waals surface area contributed by atoms with E-state index in [2.05, 4.69) is 19.2 Å². The predicted octanol–water partition coefficient (Wildman–Crippen LogP) is 3.26. The molecule has 1 aromatic rings. The quantitative estimate of drug-likeness (QED) is 0.926. The van der Waals surface area contributed by atoms with Gasteiger partial charge in [-0.1, -0.05) is 26.7 Å². The van der Waals surface area contributed by atoms with Crippen LogP contribution in [0.5, 0.6) is 11.5 Å². The molecule has 3 atom stereocenters. The van der Waals surface area contributed by atoms with Crippen molar-refractivity contribution in [1.82, 2.24) is 5.32 Å². The number of benzene rings is 1. The van der Waals surface area contributed by atoms with E-state index in [0.29, 0.717) is 28.9 Å². The number of ether oxygens (including phenoxy) is 2. The topological polar surface area (TPSA) is 47.6 Å². The third-order valence-electron chi connectivity index (χ3n) is 4.67. The third-order valence-corrected chi connectivity index (χ3v) is 4.67. The van der Waals surface area contributed by atoms with Crippen LogP contribution in [0, 0.1) is 11.8 Å². The van der Waals surface area contributed by atoms with Crippen molar-refractivity contribution in [1.29, 1.82) is 0 Å². The summed E-state index contributed by atoms with van der Waals surface area (Å²) in [4.78, 5) is 12.4. The predicted molar refractivity (Wildman–Crippen MR) is 83.0 cm³/mol. The summed E-state index contributed by atoms with van der Waals surface area (Å²) >= 11 is 0. The van der Waals surface area contributed by atoms with E-state index in [0.717, 1.165) is 6.42 Å². The molecule has 21 heavy (non-hydrogen) atoms. The van der Waals surface area contributed by atoms with Crippen molar-refractivity contribution in [3.05, 3.63) is 23.8 Å². The Morgan fingerprint density at radius 1 is 1.14 bits per heavy atom. The van der Waals surface area contributed by atoms with Crippen LogP contribution in [0.2, 0.25) is 0 Å². The Bertz CT molecular complexity index is 501. The van der Waals surface area contributed by atoms with Gasteiger partial charge in [0.2, 0.25) is 0 Å². The van der Waals surface area contributed by atoms with Crippen molar-refractivity contribution in [3.8, 4) is 11.5 Å². The number of carbonyl (C=O) groups is 1. The molecular weight excluding hydrogens is 266 g/mol. The van der Waals surface area contributed by atoms with Gasteiger partial charge in [-0.3, -0.25) is 4.79 Å². The van der Waals surface area contributed by atoms with Crippen LogP contribution in [0.1, 0.15) is 43.5 Å². The maximum absolute atomic E-state index is 12.4. The van der Waals surface area contributed by atoms with Crippen LogP contribution in [0.25, 0.3) is 0 Å². The highest BCUT2D eigenvalue weighted by atomic mass is 16.5. The molecule has 0 aromatic heterocycles. The second-order valence-corrected chi connectivity index (χ2v) is 5.92. The van der Waals surface area contributed by atoms with Gasteiger partial charge < -0.3 is 14.8 Å². The summed E-state index contributed by atoms with van der Waals surface area (Å²) in [7, 11) is 3.16. The van der Waals surface area contributed by atoms with Gasteiger partial charge in [-0.25, -0.2) is 0 Å². The summed E-state index contributed by atoms with van der Waals surface area (Å²) in [5, 5.41) is 3.17. The second kappa shape index (κ2) is 6.83. The molecular formula is C17H25NO3. The molecule has 1 aliphatic carbocycles. The van der Waals surface area contributed by atoms with Crippen molar-refractivity contribution in [3.63, 3.8) is 0 Å². The average molecular weight is 291 g/mol. The number of hydrogen-bond acceptors (Lipinski definition) is 3. The first-order valence-corrected chi connectivity index (χ1v) is 7.59. The molecule has 1 fully saturated rings. The molecule has 1 amide bonds. The van der Waals surface area contributed by atoms with Gasteiger partial charge in [0.1, 0.15) is 0 Å². The van der Waals surface area contributed by atoms with E-state index in [1.54, 1.807) is 32.4 Å². The zero-order valence-electron chi connectivity index (χ0n) is 13.3. The molecule has 116 valence electrons. The van der Waals surface area contributed by atoms with Gasteiger partial charge in [-0.05, 0) is 36.5 Å². The highest BCUT2D eigenvalue weighted by molar-refractivity contribution is 5.95. The Hall–Kier alpha value is -1.71. The minimum atomic E-state index is -0.0399. The number of rotatable bonds is 4. The zero-order valence-corrected chi connectivity index (χ0v) is 13.3. The monoisotopic (exact) mass is 291 g/mol. The second-order valence-electron chi connectivity index (χ2n) is 5.92. The van der Waals surface area contributed by atoms with Crippen LogP contribution in [-0.4, -0.2) is 26.2 Å². The minimum Gasteiger partial charge on any atom is -0.493 e. The Morgan fingerprint density at radius 2 is 1.86 bits per heavy atom. The smallest absolute Gasteiger partial charge is 0.251 e. The van der Waals surface area contributed by atoms with Crippen molar-refractivity contribution < 1.29 is 14.3 Å². The van der Waals surface area contributed by atoms with Gasteiger partial charge in [-0.2, -0.15) is 0 Å². The van der Waals surface area contributed by atoms with E-state index < -0.39 is 0 Å². The molecule has 1 aromatic carbocycles. The van der Waals surface area contributed by atoms with Gasteiger partial charge in [0.15, 0.2) is 11.5 Å². The van der Waals surface area contributed by atoms with Crippen molar-refractivity contribution in [2.24, 2.45) is 11.8 Å². The van der Waals surface area contributed by atoms with Gasteiger partial charge in [0.25, 0.3) is 5.91 Å². The summed E-state index contributed by atoms with van der Waals surface area (Å²) in [5.74, 6) is 2.35. The number of nitrogens with one attached hydrogen (secondary N) is 1. The summed E-state index contributed by atoms with van der Waals surface area (Å²) in [6.45, 7) is 4.49. The molecule has 1 N–H and O–H groups in total. The molecule has 0 unspecified atom stereocenters. The minimum absolute atomic E-state index is 0.0399. The Balaban J connectivity index is 2.09. The molecule has 2 rings (SSSR count). The molecule has 4 nitrogen and oxygen atoms in total. The van der Waals surface area contributed by atoms with Crippen LogP contribution in [-0.2, 0) is 0 Å². The normalized spacial score (nSPS) is 25.2. The van der Waals surface area contributed by atoms with Crippen LogP contribution in [0.4, 0.5) is 0 Å². The Morgan fingerprint density at radius 3 is 2.52 bits per heavy atom. The van der Waals surface area contributed by atoms with E-state index >= 15 is 0 Å². The summed E-state index contributed by atoms with van der Waals surface area (Å²) in [6.07, 6.45) is 3.50. The molecule has 0 spiro atoms. The van der Waals surface area contributed by atoms with E-state index in [-0.39, 0.29) is 11.9 Å². The Kier molecular flexibility index (Phi) is 5.10. The van der Waals surface area contributed by atoms with Crippen molar-refractivity contribution in [2.45, 2.75) is 39.2 Å². The standard InChI is InChI=1S/C17H25NO3/c1-11-6-5-7-14(12(11)2)18-17(19)13-8-9-15(20-3)16(10-13)21-4/h8-12,14H,5-7H2,1-4H3,(H,18,19)/t11-,12+,14+/m0/s1. The summed E-state index contributed by atoms with van der Waals surface area (Å²) in [6, 6.07) is 5.52. The highest BCUT2D eigenvalue weighted by Crippen LogP contribution is 2.30. The largest absolute Gasteiger partial charge is 0.493 e.